The number of aryl methyl sites for hydroxylation is 2. The van der Waals surface area contributed by atoms with E-state index in [1.807, 2.05) is 19.1 Å². The molecular weight excluding hydrogens is 256 g/mol. The van der Waals surface area contributed by atoms with E-state index in [4.69, 9.17) is 4.74 Å². The molecule has 0 saturated heterocycles. The van der Waals surface area contributed by atoms with Crippen molar-refractivity contribution in [3.8, 4) is 6.01 Å². The lowest BCUT2D eigenvalue weighted by Gasteiger charge is -2.10. The van der Waals surface area contributed by atoms with Crippen LogP contribution in [0.1, 0.15) is 21.6 Å². The fraction of sp³-hybridized carbons (Fsp3) is 0.267. The Bertz CT molecular complexity index is 687. The first-order chi connectivity index (χ1) is 9.51. The lowest BCUT2D eigenvalue weighted by molar-refractivity contribution is 0.0966. The number of benzene rings is 1. The number of nitrogens with zero attached hydrogens (tertiary/aromatic N) is 2. The summed E-state index contributed by atoms with van der Waals surface area (Å²) in [5.41, 5.74) is 1.90. The average Bonchev–Trinajstić information content (AvgIpc) is 2.42. The number of methoxy groups -OCH3 is 1. The van der Waals surface area contributed by atoms with Crippen molar-refractivity contribution in [2.45, 2.75) is 20.4 Å². The van der Waals surface area contributed by atoms with E-state index >= 15 is 0 Å². The fourth-order valence-corrected chi connectivity index (χ4v) is 1.87. The molecule has 0 aliphatic rings. The van der Waals surface area contributed by atoms with Gasteiger partial charge in [-0.15, -0.1) is 0 Å². The maximum absolute atomic E-state index is 12.2. The Hall–Kier alpha value is -2.43. The molecule has 0 aliphatic carbocycles. The van der Waals surface area contributed by atoms with Crippen molar-refractivity contribution in [1.82, 2.24) is 9.55 Å². The first-order valence-corrected chi connectivity index (χ1v) is 6.23. The number of hydrogen-bond donors (Lipinski definition) is 0. The molecule has 5 heteroatoms. The normalized spacial score (nSPS) is 10.3. The lowest BCUT2D eigenvalue weighted by Crippen LogP contribution is -2.26. The minimum absolute atomic E-state index is 0.0850. The van der Waals surface area contributed by atoms with Crippen LogP contribution in [0, 0.1) is 13.8 Å². The Labute approximate surface area is 116 Å². The molecule has 2 rings (SSSR count). The second kappa shape index (κ2) is 5.69. The maximum Gasteiger partial charge on any atom is 0.299 e. The zero-order valence-electron chi connectivity index (χ0n) is 11.7. The van der Waals surface area contributed by atoms with Gasteiger partial charge in [0.1, 0.15) is 0 Å². The smallest absolute Gasteiger partial charge is 0.299 e. The molecule has 1 aromatic heterocycles. The van der Waals surface area contributed by atoms with Crippen molar-refractivity contribution < 1.29 is 9.53 Å². The molecule has 0 bridgehead atoms. The molecule has 1 aromatic carbocycles. The number of Topliss-reactive ketones (excluding diaryl/α,β-unsaturated/α-hetero) is 1. The molecule has 0 atom stereocenters. The summed E-state index contributed by atoms with van der Waals surface area (Å²) in [6.45, 7) is 3.57. The zero-order chi connectivity index (χ0) is 14.7. The molecule has 0 amide bonds. The van der Waals surface area contributed by atoms with Gasteiger partial charge in [0.05, 0.1) is 13.7 Å². The van der Waals surface area contributed by atoms with Crippen LogP contribution in [0.3, 0.4) is 0 Å². The van der Waals surface area contributed by atoms with E-state index in [9.17, 15) is 9.59 Å². The van der Waals surface area contributed by atoms with Gasteiger partial charge in [-0.1, -0.05) is 29.8 Å². The fourth-order valence-electron chi connectivity index (χ4n) is 1.87. The van der Waals surface area contributed by atoms with Crippen molar-refractivity contribution in [1.29, 1.82) is 0 Å². The van der Waals surface area contributed by atoms with E-state index in [0.717, 1.165) is 5.56 Å². The molecule has 0 aliphatic heterocycles. The second-order valence-electron chi connectivity index (χ2n) is 4.60. The third-order valence-electron chi connectivity index (χ3n) is 2.96. The van der Waals surface area contributed by atoms with E-state index < -0.39 is 0 Å². The van der Waals surface area contributed by atoms with Gasteiger partial charge in [0.15, 0.2) is 5.78 Å². The number of aromatic nitrogens is 2. The topological polar surface area (TPSA) is 61.2 Å². The minimum atomic E-state index is -0.296. The standard InChI is InChI=1S/C15H16N2O3/c1-10-4-6-12(7-5-10)13(18)9-17-14(19)8-11(2)16-15(17)20-3/h4-8H,9H2,1-3H3. The van der Waals surface area contributed by atoms with Gasteiger partial charge in [-0.3, -0.25) is 14.2 Å². The molecule has 0 saturated carbocycles. The molecule has 0 unspecified atom stereocenters. The van der Waals surface area contributed by atoms with Crippen LogP contribution in [0.15, 0.2) is 35.1 Å². The average molecular weight is 272 g/mol. The molecular formula is C15H16N2O3. The number of ketones is 1. The third-order valence-corrected chi connectivity index (χ3v) is 2.96. The third kappa shape index (κ3) is 2.93. The summed E-state index contributed by atoms with van der Waals surface area (Å²) in [5.74, 6) is -0.156. The summed E-state index contributed by atoms with van der Waals surface area (Å²) in [6.07, 6.45) is 0. The number of rotatable bonds is 4. The first-order valence-electron chi connectivity index (χ1n) is 6.23. The molecule has 0 radical (unpaired) electrons. The molecule has 0 spiro atoms. The largest absolute Gasteiger partial charge is 0.468 e. The zero-order valence-corrected chi connectivity index (χ0v) is 11.7. The van der Waals surface area contributed by atoms with Gasteiger partial charge in [-0.2, -0.15) is 0 Å². The van der Waals surface area contributed by atoms with Crippen molar-refractivity contribution in [2.24, 2.45) is 0 Å². The number of carbonyl (C=O) groups is 1. The Morgan fingerprint density at radius 3 is 2.50 bits per heavy atom. The van der Waals surface area contributed by atoms with Crippen molar-refractivity contribution >= 4 is 5.78 Å². The van der Waals surface area contributed by atoms with Crippen LogP contribution in [-0.2, 0) is 6.54 Å². The van der Waals surface area contributed by atoms with E-state index in [2.05, 4.69) is 4.98 Å². The van der Waals surface area contributed by atoms with E-state index in [0.29, 0.717) is 11.3 Å². The Morgan fingerprint density at radius 1 is 1.25 bits per heavy atom. The highest BCUT2D eigenvalue weighted by Gasteiger charge is 2.13. The Kier molecular flexibility index (Phi) is 3.98. The van der Waals surface area contributed by atoms with Crippen LogP contribution in [-0.4, -0.2) is 22.4 Å². The van der Waals surface area contributed by atoms with Crippen LogP contribution < -0.4 is 10.3 Å². The number of ether oxygens (including phenoxy) is 1. The van der Waals surface area contributed by atoms with E-state index in [1.54, 1.807) is 19.1 Å². The first kappa shape index (κ1) is 14.0. The van der Waals surface area contributed by atoms with Crippen LogP contribution in [0.4, 0.5) is 0 Å². The predicted octanol–water partition coefficient (Wildman–Crippen LogP) is 1.75. The van der Waals surface area contributed by atoms with Crippen LogP contribution in [0.5, 0.6) is 6.01 Å². The lowest BCUT2D eigenvalue weighted by atomic mass is 10.1. The van der Waals surface area contributed by atoms with Gasteiger partial charge in [0.2, 0.25) is 0 Å². The van der Waals surface area contributed by atoms with Crippen LogP contribution in [0.2, 0.25) is 0 Å². The van der Waals surface area contributed by atoms with Gasteiger partial charge in [-0.25, -0.2) is 4.98 Å². The number of carbonyl (C=O) groups excluding carboxylic acids is 1. The summed E-state index contributed by atoms with van der Waals surface area (Å²) < 4.78 is 6.29. The molecule has 104 valence electrons. The number of hydrogen-bond acceptors (Lipinski definition) is 4. The minimum Gasteiger partial charge on any atom is -0.468 e. The summed E-state index contributed by atoms with van der Waals surface area (Å²) in [7, 11) is 1.42. The highest BCUT2D eigenvalue weighted by molar-refractivity contribution is 5.95. The molecule has 0 fully saturated rings. The summed E-state index contributed by atoms with van der Waals surface area (Å²) >= 11 is 0. The summed E-state index contributed by atoms with van der Waals surface area (Å²) in [6, 6.07) is 8.75. The quantitative estimate of drug-likeness (QED) is 0.796. The van der Waals surface area contributed by atoms with Crippen molar-refractivity contribution in [3.05, 3.63) is 57.5 Å². The van der Waals surface area contributed by atoms with Crippen LogP contribution in [0.25, 0.3) is 0 Å². The van der Waals surface area contributed by atoms with Gasteiger partial charge in [0, 0.05) is 17.3 Å². The molecule has 5 nitrogen and oxygen atoms in total. The second-order valence-corrected chi connectivity index (χ2v) is 4.60. The highest BCUT2D eigenvalue weighted by atomic mass is 16.5. The molecule has 2 aromatic rings. The van der Waals surface area contributed by atoms with Gasteiger partial charge < -0.3 is 4.74 Å². The monoisotopic (exact) mass is 272 g/mol. The highest BCUT2D eigenvalue weighted by Crippen LogP contribution is 2.09. The van der Waals surface area contributed by atoms with Crippen molar-refractivity contribution in [3.63, 3.8) is 0 Å². The maximum atomic E-state index is 12.2. The van der Waals surface area contributed by atoms with Crippen LogP contribution >= 0.6 is 0 Å². The van der Waals surface area contributed by atoms with E-state index in [-0.39, 0.29) is 23.9 Å². The van der Waals surface area contributed by atoms with Gasteiger partial charge in [0.25, 0.3) is 11.6 Å². The van der Waals surface area contributed by atoms with Gasteiger partial charge >= 0.3 is 0 Å². The van der Waals surface area contributed by atoms with Crippen molar-refractivity contribution in [2.75, 3.05) is 7.11 Å². The van der Waals surface area contributed by atoms with E-state index in [1.165, 1.54) is 17.7 Å². The summed E-state index contributed by atoms with van der Waals surface area (Å²) in [4.78, 5) is 28.2. The Balaban J connectivity index is 2.32. The molecule has 1 heterocycles. The summed E-state index contributed by atoms with van der Waals surface area (Å²) in [5, 5.41) is 0. The predicted molar refractivity (Wildman–Crippen MR) is 75.3 cm³/mol. The Morgan fingerprint density at radius 2 is 1.90 bits per heavy atom. The molecule has 20 heavy (non-hydrogen) atoms. The van der Waals surface area contributed by atoms with Gasteiger partial charge in [-0.05, 0) is 13.8 Å². The SMILES string of the molecule is COc1nc(C)cc(=O)n1CC(=O)c1ccc(C)cc1. The molecule has 0 N–H and O–H groups in total.